The Hall–Kier alpha value is -9.54. The van der Waals surface area contributed by atoms with Crippen molar-refractivity contribution >= 4 is 121 Å². The SMILES string of the molecule is C=C(NC(=O)c1csc(-c2nc3c(cc2O)-c2nc(cs2)C(=O)N[C@@H]([C@@H](C)O)C(=O)N/C(=C(\C)OC)c2nc(cs2)C(=O)N[C@@H]2c4nc(cs4)C(=O)N[C@@H](COC(=O)c4c5c6c(cccc6n4O)COC(=O)[C@@H](O[C@H]4C[C@](C)(O)[C@H](N(C)C)[C@H](C)O4)[C@H]2OC5)c2nc-3cs2)n1)C(N)=O. The lowest BCUT2D eigenvalue weighted by Gasteiger charge is -2.48. The normalized spacial score (nSPS) is 24.0. The molecule has 1 saturated heterocycles. The van der Waals surface area contributed by atoms with Crippen LogP contribution in [0.3, 0.4) is 0 Å². The first-order valence-corrected chi connectivity index (χ1v) is 34.1. The van der Waals surface area contributed by atoms with Crippen molar-refractivity contribution in [1.82, 2.24) is 66.1 Å². The van der Waals surface area contributed by atoms with Gasteiger partial charge in [0.15, 0.2) is 18.1 Å². The molecule has 8 aromatic rings. The second-order valence-electron chi connectivity index (χ2n) is 23.3. The van der Waals surface area contributed by atoms with Gasteiger partial charge in [0.25, 0.3) is 29.5 Å². The van der Waals surface area contributed by atoms with Gasteiger partial charge in [0.05, 0.1) is 48.8 Å². The number of nitrogens with zero attached hydrogens (tertiary/aromatic N) is 8. The van der Waals surface area contributed by atoms with Crippen molar-refractivity contribution < 1.29 is 87.3 Å². The van der Waals surface area contributed by atoms with Gasteiger partial charge in [0, 0.05) is 49.8 Å². The van der Waals surface area contributed by atoms with Gasteiger partial charge < -0.3 is 86.2 Å². The maximum atomic E-state index is 15.2. The Morgan fingerprint density at radius 3 is 2.23 bits per heavy atom. The Morgan fingerprint density at radius 1 is 0.857 bits per heavy atom. The molecular weight excluding hydrogens is 1380 g/mol. The molecule has 0 saturated carbocycles. The summed E-state index contributed by atoms with van der Waals surface area (Å²) >= 11 is 4.46. The second-order valence-corrected chi connectivity index (χ2v) is 27.7. The molecule has 12 bridgehead atoms. The van der Waals surface area contributed by atoms with Crippen molar-refractivity contribution in [2.45, 2.75) is 108 Å². The molecule has 10 atom stereocenters. The Kier molecular flexibility index (Phi) is 19.1. The number of aliphatic hydroxyl groups excluding tert-OH is 1. The summed E-state index contributed by atoms with van der Waals surface area (Å²) in [5.74, 6) is -8.28. The van der Waals surface area contributed by atoms with Gasteiger partial charge in [0.1, 0.15) is 120 Å². The van der Waals surface area contributed by atoms with Crippen LogP contribution in [-0.2, 0) is 56.0 Å². The molecular formula is C61H60N14O18S5. The number of pyridine rings is 1. The van der Waals surface area contributed by atoms with Crippen molar-refractivity contribution in [3.8, 4) is 38.4 Å². The third kappa shape index (κ3) is 13.4. The molecule has 7 aromatic heterocycles. The van der Waals surface area contributed by atoms with E-state index in [0.29, 0.717) is 10.3 Å². The number of amides is 6. The fourth-order valence-electron chi connectivity index (χ4n) is 11.7. The van der Waals surface area contributed by atoms with Crippen LogP contribution in [0.5, 0.6) is 5.75 Å². The number of benzene rings is 1. The number of thiazole rings is 5. The second kappa shape index (κ2) is 27.4. The first-order valence-electron chi connectivity index (χ1n) is 29.7. The molecule has 512 valence electrons. The van der Waals surface area contributed by atoms with Crippen molar-refractivity contribution in [2.75, 3.05) is 27.8 Å². The summed E-state index contributed by atoms with van der Waals surface area (Å²) in [4.78, 5) is 144. The zero-order valence-corrected chi connectivity index (χ0v) is 56.7. The molecule has 11 N–H and O–H groups in total. The van der Waals surface area contributed by atoms with Gasteiger partial charge in [-0.15, -0.1) is 56.7 Å². The van der Waals surface area contributed by atoms with Crippen LogP contribution >= 0.6 is 56.7 Å². The summed E-state index contributed by atoms with van der Waals surface area (Å²) < 4.78 is 38.2. The molecule has 11 heterocycles. The maximum absolute atomic E-state index is 15.2. The van der Waals surface area contributed by atoms with Gasteiger partial charge in [-0.1, -0.05) is 18.7 Å². The Bertz CT molecular complexity index is 4610. The minimum atomic E-state index is -1.92. The van der Waals surface area contributed by atoms with Gasteiger partial charge >= 0.3 is 11.9 Å². The minimum absolute atomic E-state index is 0.00915. The van der Waals surface area contributed by atoms with Crippen LogP contribution in [0, 0.1) is 0 Å². The van der Waals surface area contributed by atoms with Gasteiger partial charge in [0.2, 0.25) is 5.91 Å². The largest absolute Gasteiger partial charge is 0.506 e. The first kappa shape index (κ1) is 68.4. The zero-order valence-electron chi connectivity index (χ0n) is 52.6. The number of cyclic esters (lactones) is 2. The lowest BCUT2D eigenvalue weighted by molar-refractivity contribution is -0.280. The predicted molar refractivity (Wildman–Crippen MR) is 350 cm³/mol. The number of methoxy groups -OCH3 is 1. The molecule has 1 aromatic carbocycles. The average Bonchev–Trinajstić information content (AvgIpc) is 1.57. The molecule has 37 heteroatoms. The number of likely N-dealkylation sites (N-methyl/N-ethyl adjacent to an activating group) is 1. The number of ether oxygens (including phenoxy) is 6. The van der Waals surface area contributed by atoms with Gasteiger partial charge in [-0.3, -0.25) is 28.8 Å². The number of aromatic hydroxyl groups is 1. The third-order valence-electron chi connectivity index (χ3n) is 16.3. The molecule has 1 fully saturated rings. The lowest BCUT2D eigenvalue weighted by Crippen LogP contribution is -2.62. The first-order chi connectivity index (χ1) is 46.7. The molecule has 0 radical (unpaired) electrons. The smallest absolute Gasteiger partial charge is 0.358 e. The van der Waals surface area contributed by atoms with E-state index in [-0.39, 0.29) is 105 Å². The van der Waals surface area contributed by atoms with Crippen LogP contribution in [0.25, 0.3) is 49.3 Å². The van der Waals surface area contributed by atoms with Crippen LogP contribution in [0.1, 0.15) is 125 Å². The van der Waals surface area contributed by atoms with Crippen LogP contribution in [0.2, 0.25) is 0 Å². The summed E-state index contributed by atoms with van der Waals surface area (Å²) in [7, 11) is 4.83. The highest BCUT2D eigenvalue weighted by Gasteiger charge is 2.50. The summed E-state index contributed by atoms with van der Waals surface area (Å²) in [6.45, 7) is 7.68. The third-order valence-corrected chi connectivity index (χ3v) is 20.8. The summed E-state index contributed by atoms with van der Waals surface area (Å²) in [5.41, 5.74) is 2.00. The van der Waals surface area contributed by atoms with E-state index >= 15 is 14.4 Å². The summed E-state index contributed by atoms with van der Waals surface area (Å²) in [6.07, 6.45) is -7.56. The Balaban J connectivity index is 1.04. The zero-order chi connectivity index (χ0) is 69.9. The number of aliphatic hydroxyl groups is 2. The topological polar surface area (TPSA) is 445 Å². The number of fused-ring (bicyclic) bond motifs is 15. The van der Waals surface area contributed by atoms with Crippen molar-refractivity contribution in [2.24, 2.45) is 5.73 Å². The van der Waals surface area contributed by atoms with E-state index in [1.54, 1.807) is 45.0 Å². The number of aromatic nitrogens is 7. The number of hydrogen-bond acceptors (Lipinski definition) is 30. The van der Waals surface area contributed by atoms with E-state index in [1.165, 1.54) is 60.0 Å². The van der Waals surface area contributed by atoms with Crippen LogP contribution in [0.15, 0.2) is 69.2 Å². The highest BCUT2D eigenvalue weighted by molar-refractivity contribution is 7.14. The molecule has 12 rings (SSSR count). The molecule has 4 aliphatic heterocycles. The molecule has 0 unspecified atom stereocenters. The van der Waals surface area contributed by atoms with Crippen molar-refractivity contribution in [3.63, 3.8) is 0 Å². The fourth-order valence-corrected chi connectivity index (χ4v) is 15.9. The van der Waals surface area contributed by atoms with E-state index in [0.717, 1.165) is 56.7 Å². The molecule has 0 spiro atoms. The highest BCUT2D eigenvalue weighted by Crippen LogP contribution is 2.43. The molecule has 4 aliphatic rings. The van der Waals surface area contributed by atoms with Gasteiger partial charge in [-0.25, -0.2) is 39.5 Å². The molecule has 0 aliphatic carbocycles. The predicted octanol–water partition coefficient (Wildman–Crippen LogP) is 3.89. The number of primary amides is 1. The van der Waals surface area contributed by atoms with E-state index in [4.69, 9.17) is 49.1 Å². The van der Waals surface area contributed by atoms with Crippen LogP contribution in [0.4, 0.5) is 0 Å². The number of hydrogen-bond donors (Lipinski definition) is 10. The number of nitrogens with two attached hydrogens (primary N) is 1. The standard InChI is InChI=1S/C61H60N14O18S5/c1-22(48(62)78)63-49(79)31-19-97-57(68-31)42-36(77)12-27-41(70-42)30-17-95-55(65-30)29-16-91-59(84)44-28-15-89-45(46(93-37-13-61(5,86)47(74(6)7)25(4)92-37)60(85)90-14-26-10-9-11-35(38(26)28)75(44)87)43(58-69-32(20-98-58)50(80)64-29)73-52(82)34-21-96-56(67-34)40(24(3)88-8)72-53(83)39(23(2)76)71-51(81)33-18-94-54(27)66-33/h9-12,17-21,23,25,29,37,39,43,45-47,76-77,86-87H,1,13-16H2,2-8H3,(H2,62,78)(H,63,79)(H,64,80)(H,71,81)(H,72,83)(H,73,82)/b40-24+/t23-,25+,29+,37+,39+,43+,45+,46+,47-,61+/m1/s1. The summed E-state index contributed by atoms with van der Waals surface area (Å²) in [5, 5.41) is 67.4. The Morgan fingerprint density at radius 2 is 1.52 bits per heavy atom. The van der Waals surface area contributed by atoms with Gasteiger partial charge in [-0.2, -0.15) is 4.73 Å². The number of nitrogens with one attached hydrogen (secondary N) is 5. The quantitative estimate of drug-likeness (QED) is 0.0424. The molecule has 98 heavy (non-hydrogen) atoms. The average molecular weight is 1440 g/mol. The van der Waals surface area contributed by atoms with Crippen molar-refractivity contribution in [3.05, 3.63) is 124 Å². The monoisotopic (exact) mass is 1440 g/mol. The van der Waals surface area contributed by atoms with Crippen LogP contribution < -0.4 is 32.3 Å². The number of esters is 2. The van der Waals surface area contributed by atoms with Crippen LogP contribution in [-0.4, -0.2) is 184 Å². The van der Waals surface area contributed by atoms with E-state index in [1.807, 2.05) is 0 Å². The number of rotatable bonds is 9. The minimum Gasteiger partial charge on any atom is -0.506 e. The maximum Gasteiger partial charge on any atom is 0.358 e. The van der Waals surface area contributed by atoms with Gasteiger partial charge in [-0.05, 0) is 59.5 Å². The summed E-state index contributed by atoms with van der Waals surface area (Å²) in [6, 6.07) is 0.628. The number of carbonyl (C=O) groups is 8. The number of allylic oxidation sites excluding steroid dienone is 1. The van der Waals surface area contributed by atoms with E-state index in [9.17, 15) is 44.5 Å². The van der Waals surface area contributed by atoms with E-state index < -0.39 is 145 Å². The highest BCUT2D eigenvalue weighted by atomic mass is 32.1. The fraction of sp³-hybridized carbons (Fsp3) is 0.344. The molecule has 32 nitrogen and oxygen atoms in total. The van der Waals surface area contributed by atoms with Crippen molar-refractivity contribution in [1.29, 1.82) is 0 Å². The number of carbonyl (C=O) groups excluding carboxylic acids is 8. The molecule has 6 amide bonds. The lowest BCUT2D eigenvalue weighted by atomic mass is 9.85. The Labute approximate surface area is 574 Å². The van der Waals surface area contributed by atoms with E-state index in [2.05, 4.69) is 48.1 Å².